The van der Waals surface area contributed by atoms with Crippen LogP contribution in [0.25, 0.3) is 0 Å². The summed E-state index contributed by atoms with van der Waals surface area (Å²) in [6.45, 7) is 2.07. The van der Waals surface area contributed by atoms with Crippen molar-refractivity contribution in [3.63, 3.8) is 0 Å². The van der Waals surface area contributed by atoms with Crippen LogP contribution in [0.15, 0.2) is 24.3 Å². The summed E-state index contributed by atoms with van der Waals surface area (Å²) in [5, 5.41) is 7.78. The molecular weight excluding hydrogens is 266 g/mol. The number of nitrogens with one attached hydrogen (secondary N) is 1. The quantitative estimate of drug-likeness (QED) is 0.837. The van der Waals surface area contributed by atoms with Gasteiger partial charge < -0.3 is 10.2 Å². The Morgan fingerprint density at radius 2 is 1.79 bits per heavy atom. The molecule has 0 aromatic heterocycles. The van der Waals surface area contributed by atoms with Crippen LogP contribution in [0.2, 0.25) is 0 Å². The molecule has 0 unspecified atom stereocenters. The summed E-state index contributed by atoms with van der Waals surface area (Å²) >= 11 is 0. The van der Waals surface area contributed by atoms with Crippen LogP contribution in [-0.2, 0) is 22.3 Å². The van der Waals surface area contributed by atoms with Crippen molar-refractivity contribution in [3.8, 4) is 0 Å². The number of primary sulfonamides is 1. The molecule has 0 radical (unpaired) electrons. The summed E-state index contributed by atoms with van der Waals surface area (Å²) in [6, 6.07) is 6.93. The average molecular weight is 283 g/mol. The molecule has 1 heterocycles. The van der Waals surface area contributed by atoms with Gasteiger partial charge in [-0.1, -0.05) is 24.3 Å². The van der Waals surface area contributed by atoms with Gasteiger partial charge in [0, 0.05) is 19.6 Å². The van der Waals surface area contributed by atoms with E-state index in [0.29, 0.717) is 12.1 Å². The van der Waals surface area contributed by atoms with Gasteiger partial charge in [0.1, 0.15) is 0 Å². The Morgan fingerprint density at radius 1 is 1.21 bits per heavy atom. The van der Waals surface area contributed by atoms with Crippen molar-refractivity contribution in [2.45, 2.75) is 18.7 Å². The summed E-state index contributed by atoms with van der Waals surface area (Å²) in [7, 11) is -3.50. The van der Waals surface area contributed by atoms with E-state index in [-0.39, 0.29) is 11.8 Å². The zero-order valence-electron chi connectivity index (χ0n) is 10.5. The van der Waals surface area contributed by atoms with Crippen LogP contribution in [0.3, 0.4) is 0 Å². The Balaban J connectivity index is 1.86. The number of urea groups is 1. The van der Waals surface area contributed by atoms with Gasteiger partial charge in [-0.25, -0.2) is 18.4 Å². The third kappa shape index (κ3) is 4.22. The number of carbonyl (C=O) groups is 1. The number of sulfonamides is 1. The Hall–Kier alpha value is -1.60. The van der Waals surface area contributed by atoms with Crippen molar-refractivity contribution in [1.82, 2.24) is 10.2 Å². The van der Waals surface area contributed by atoms with Gasteiger partial charge in [0.15, 0.2) is 0 Å². The summed E-state index contributed by atoms with van der Waals surface area (Å²) in [5.41, 5.74) is 1.56. The van der Waals surface area contributed by atoms with E-state index in [1.807, 2.05) is 0 Å². The second kappa shape index (κ2) is 5.58. The topological polar surface area (TPSA) is 92.5 Å². The van der Waals surface area contributed by atoms with Gasteiger partial charge in [-0.05, 0) is 17.5 Å². The van der Waals surface area contributed by atoms with Crippen molar-refractivity contribution in [1.29, 1.82) is 0 Å². The van der Waals surface area contributed by atoms with Gasteiger partial charge in [0.05, 0.1) is 5.75 Å². The highest BCUT2D eigenvalue weighted by atomic mass is 32.2. The van der Waals surface area contributed by atoms with Gasteiger partial charge >= 0.3 is 6.03 Å². The maximum Gasteiger partial charge on any atom is 0.317 e. The highest BCUT2D eigenvalue weighted by molar-refractivity contribution is 7.88. The van der Waals surface area contributed by atoms with Crippen LogP contribution in [0.4, 0.5) is 4.79 Å². The van der Waals surface area contributed by atoms with E-state index < -0.39 is 10.0 Å². The first-order valence-corrected chi connectivity index (χ1v) is 7.77. The molecule has 0 spiro atoms. The minimum Gasteiger partial charge on any atom is -0.334 e. The zero-order valence-corrected chi connectivity index (χ0v) is 11.3. The molecule has 1 aliphatic rings. The number of likely N-dealkylation sites (tertiary alicyclic amines) is 1. The normalized spacial score (nSPS) is 14.9. The fourth-order valence-electron chi connectivity index (χ4n) is 1.79. The first-order chi connectivity index (χ1) is 8.94. The lowest BCUT2D eigenvalue weighted by Crippen LogP contribution is -2.47. The molecular formula is C12H17N3O3S. The Bertz CT molecular complexity index is 550. The molecule has 1 fully saturated rings. The number of benzene rings is 1. The lowest BCUT2D eigenvalue weighted by Gasteiger charge is -2.30. The number of amides is 2. The van der Waals surface area contributed by atoms with Gasteiger partial charge in [0.25, 0.3) is 0 Å². The van der Waals surface area contributed by atoms with Crippen molar-refractivity contribution >= 4 is 16.1 Å². The fraction of sp³-hybridized carbons (Fsp3) is 0.417. The number of hydrogen-bond donors (Lipinski definition) is 2. The first-order valence-electron chi connectivity index (χ1n) is 6.05. The summed E-state index contributed by atoms with van der Waals surface area (Å²) in [6.07, 6.45) is 1.07. The number of nitrogens with two attached hydrogens (primary N) is 1. The molecule has 104 valence electrons. The van der Waals surface area contributed by atoms with Gasteiger partial charge in [-0.2, -0.15) is 0 Å². The van der Waals surface area contributed by atoms with Crippen molar-refractivity contribution in [2.24, 2.45) is 5.14 Å². The summed E-state index contributed by atoms with van der Waals surface area (Å²) in [4.78, 5) is 13.3. The highest BCUT2D eigenvalue weighted by Gasteiger charge is 2.19. The van der Waals surface area contributed by atoms with Crippen LogP contribution in [-0.4, -0.2) is 32.4 Å². The predicted molar refractivity (Wildman–Crippen MR) is 71.7 cm³/mol. The van der Waals surface area contributed by atoms with Crippen LogP contribution >= 0.6 is 0 Å². The smallest absolute Gasteiger partial charge is 0.317 e. The number of hydrogen-bond acceptors (Lipinski definition) is 3. The second-order valence-corrected chi connectivity index (χ2v) is 6.24. The lowest BCUT2D eigenvalue weighted by atomic mass is 10.1. The molecule has 1 aromatic carbocycles. The maximum absolute atomic E-state index is 11.6. The molecule has 1 aromatic rings. The van der Waals surface area contributed by atoms with Crippen molar-refractivity contribution in [2.75, 3.05) is 13.1 Å². The molecule has 0 saturated carbocycles. The molecule has 1 aliphatic heterocycles. The average Bonchev–Trinajstić information content (AvgIpc) is 2.23. The van der Waals surface area contributed by atoms with E-state index in [1.165, 1.54) is 0 Å². The predicted octanol–water partition coefficient (Wildman–Crippen LogP) is 0.390. The molecule has 2 amide bonds. The Labute approximate surface area is 112 Å². The molecule has 7 heteroatoms. The first kappa shape index (κ1) is 13.8. The molecule has 0 bridgehead atoms. The molecule has 6 nitrogen and oxygen atoms in total. The van der Waals surface area contributed by atoms with Gasteiger partial charge in [-0.15, -0.1) is 0 Å². The van der Waals surface area contributed by atoms with E-state index in [4.69, 9.17) is 5.14 Å². The molecule has 0 aliphatic carbocycles. The third-order valence-electron chi connectivity index (χ3n) is 2.98. The number of rotatable bonds is 4. The van der Waals surface area contributed by atoms with Crippen LogP contribution in [0.1, 0.15) is 17.5 Å². The SMILES string of the molecule is NS(=O)(=O)Cc1ccc(CNC(=O)N2CCC2)cc1. The molecule has 1 saturated heterocycles. The largest absolute Gasteiger partial charge is 0.334 e. The second-order valence-electron chi connectivity index (χ2n) is 4.62. The van der Waals surface area contributed by atoms with Crippen LogP contribution in [0.5, 0.6) is 0 Å². The summed E-state index contributed by atoms with van der Waals surface area (Å²) < 4.78 is 21.9. The zero-order chi connectivity index (χ0) is 13.9. The molecule has 2 rings (SSSR count). The minimum absolute atomic E-state index is 0.0557. The summed E-state index contributed by atoms with van der Waals surface area (Å²) in [5.74, 6) is -0.173. The monoisotopic (exact) mass is 283 g/mol. The van der Waals surface area contributed by atoms with E-state index in [0.717, 1.165) is 25.1 Å². The van der Waals surface area contributed by atoms with Gasteiger partial charge in [0.2, 0.25) is 10.0 Å². The fourth-order valence-corrected chi connectivity index (χ4v) is 2.45. The minimum atomic E-state index is -3.50. The third-order valence-corrected chi connectivity index (χ3v) is 3.71. The highest BCUT2D eigenvalue weighted by Crippen LogP contribution is 2.08. The van der Waals surface area contributed by atoms with E-state index in [1.54, 1.807) is 29.2 Å². The van der Waals surface area contributed by atoms with E-state index in [9.17, 15) is 13.2 Å². The lowest BCUT2D eigenvalue weighted by molar-refractivity contribution is 0.167. The standard InChI is InChI=1S/C12H17N3O3S/c13-19(17,18)9-11-4-2-10(3-5-11)8-14-12(16)15-6-1-7-15/h2-5H,1,6-9H2,(H,14,16)(H2,13,17,18). The van der Waals surface area contributed by atoms with Crippen LogP contribution in [0, 0.1) is 0 Å². The number of nitrogens with zero attached hydrogens (tertiary/aromatic N) is 1. The Morgan fingerprint density at radius 3 is 2.26 bits per heavy atom. The van der Waals surface area contributed by atoms with E-state index in [2.05, 4.69) is 5.32 Å². The Kier molecular flexibility index (Phi) is 4.06. The number of carbonyl (C=O) groups excluding carboxylic acids is 1. The van der Waals surface area contributed by atoms with Crippen molar-refractivity contribution in [3.05, 3.63) is 35.4 Å². The molecule has 3 N–H and O–H groups in total. The molecule has 19 heavy (non-hydrogen) atoms. The maximum atomic E-state index is 11.6. The van der Waals surface area contributed by atoms with E-state index >= 15 is 0 Å². The van der Waals surface area contributed by atoms with Crippen molar-refractivity contribution < 1.29 is 13.2 Å². The van der Waals surface area contributed by atoms with Crippen LogP contribution < -0.4 is 10.5 Å². The van der Waals surface area contributed by atoms with Gasteiger partial charge in [-0.3, -0.25) is 0 Å². The molecule has 0 atom stereocenters.